The van der Waals surface area contributed by atoms with Crippen molar-refractivity contribution >= 4 is 33.5 Å². The van der Waals surface area contributed by atoms with Gasteiger partial charge in [0, 0.05) is 5.39 Å². The van der Waals surface area contributed by atoms with E-state index < -0.39 is 0 Å². The second-order valence-electron chi connectivity index (χ2n) is 2.77. The summed E-state index contributed by atoms with van der Waals surface area (Å²) in [5.74, 6) is -0.182. The maximum Gasteiger partial charge on any atom is 0.147 e. The molecule has 1 heterocycles. The van der Waals surface area contributed by atoms with E-state index in [-0.39, 0.29) is 5.82 Å². The Morgan fingerprint density at radius 3 is 2.83 bits per heavy atom. The first-order valence-corrected chi connectivity index (χ1v) is 4.69. The third-order valence-corrected chi connectivity index (χ3v) is 2.51. The lowest BCUT2D eigenvalue weighted by atomic mass is 10.1. The van der Waals surface area contributed by atoms with Crippen molar-refractivity contribution in [1.82, 2.24) is 4.98 Å². The van der Waals surface area contributed by atoms with Crippen molar-refractivity contribution in [2.75, 3.05) is 0 Å². The molecule has 0 fully saturated rings. The second-order valence-corrected chi connectivity index (χ2v) is 3.93. The van der Waals surface area contributed by atoms with Crippen LogP contribution in [0.2, 0.25) is 0 Å². The van der Waals surface area contributed by atoms with Crippen LogP contribution in [0.5, 0.6) is 0 Å². The highest BCUT2D eigenvalue weighted by molar-refractivity contribution is 14.1. The summed E-state index contributed by atoms with van der Waals surface area (Å²) in [5.41, 5.74) is 1.71. The zero-order valence-corrected chi connectivity index (χ0v) is 8.65. The predicted molar refractivity (Wildman–Crippen MR) is 55.7 cm³/mol. The zero-order chi connectivity index (χ0) is 8.72. The Balaban J connectivity index is 2.93. The van der Waals surface area contributed by atoms with Crippen molar-refractivity contribution in [3.05, 3.63) is 33.3 Å². The van der Waals surface area contributed by atoms with E-state index in [0.29, 0.717) is 5.52 Å². The lowest BCUT2D eigenvalue weighted by Crippen LogP contribution is -1.79. The summed E-state index contributed by atoms with van der Waals surface area (Å²) in [6.07, 6.45) is 0. The van der Waals surface area contributed by atoms with Crippen LogP contribution in [0.4, 0.5) is 4.39 Å². The number of hydrogen-bond acceptors (Lipinski definition) is 0. The van der Waals surface area contributed by atoms with Gasteiger partial charge in [-0.1, -0.05) is 6.07 Å². The largest absolute Gasteiger partial charge is 0.348 e. The summed E-state index contributed by atoms with van der Waals surface area (Å²) in [6.45, 7) is 1.98. The molecule has 0 radical (unpaired) electrons. The Morgan fingerprint density at radius 1 is 1.42 bits per heavy atom. The molecule has 2 rings (SSSR count). The van der Waals surface area contributed by atoms with Crippen molar-refractivity contribution in [1.29, 1.82) is 0 Å². The molecule has 0 aliphatic carbocycles. The third-order valence-electron chi connectivity index (χ3n) is 1.93. The minimum absolute atomic E-state index is 0.182. The van der Waals surface area contributed by atoms with Crippen molar-refractivity contribution < 1.29 is 4.39 Å². The average molecular weight is 275 g/mol. The van der Waals surface area contributed by atoms with Gasteiger partial charge >= 0.3 is 0 Å². The maximum absolute atomic E-state index is 13.1. The Morgan fingerprint density at radius 2 is 2.17 bits per heavy atom. The monoisotopic (exact) mass is 275 g/mol. The van der Waals surface area contributed by atoms with E-state index in [1.54, 1.807) is 6.07 Å². The summed E-state index contributed by atoms with van der Waals surface area (Å²) >= 11 is 2.14. The molecule has 0 bridgehead atoms. The van der Waals surface area contributed by atoms with Crippen molar-refractivity contribution in [3.8, 4) is 0 Å². The van der Waals surface area contributed by atoms with Gasteiger partial charge in [0.2, 0.25) is 0 Å². The number of fused-ring (bicyclic) bond motifs is 1. The molecular formula is C9H7FIN. The van der Waals surface area contributed by atoms with Crippen LogP contribution in [-0.2, 0) is 0 Å². The van der Waals surface area contributed by atoms with Gasteiger partial charge in [0.15, 0.2) is 0 Å². The van der Waals surface area contributed by atoms with E-state index in [1.165, 1.54) is 6.07 Å². The first-order chi connectivity index (χ1) is 5.68. The molecule has 3 heteroatoms. The molecule has 0 spiro atoms. The molecule has 2 aromatic rings. The lowest BCUT2D eigenvalue weighted by molar-refractivity contribution is 0.637. The van der Waals surface area contributed by atoms with E-state index in [2.05, 4.69) is 27.6 Å². The Labute approximate surface area is 83.1 Å². The van der Waals surface area contributed by atoms with E-state index >= 15 is 0 Å². The molecule has 0 saturated heterocycles. The number of hydrogen-bond donors (Lipinski definition) is 1. The smallest absolute Gasteiger partial charge is 0.147 e. The van der Waals surface area contributed by atoms with Crippen LogP contribution in [0.1, 0.15) is 5.56 Å². The van der Waals surface area contributed by atoms with Crippen LogP contribution < -0.4 is 0 Å². The van der Waals surface area contributed by atoms with Crippen LogP contribution in [0.25, 0.3) is 10.9 Å². The van der Waals surface area contributed by atoms with E-state index in [0.717, 1.165) is 14.7 Å². The topological polar surface area (TPSA) is 15.8 Å². The molecular weight excluding hydrogens is 268 g/mol. The highest BCUT2D eigenvalue weighted by Gasteiger charge is 2.05. The molecule has 1 N–H and O–H groups in total. The van der Waals surface area contributed by atoms with E-state index in [9.17, 15) is 4.39 Å². The molecule has 1 nitrogen and oxygen atoms in total. The lowest BCUT2D eigenvalue weighted by Gasteiger charge is -1.95. The number of benzene rings is 1. The average Bonchev–Trinajstić information content (AvgIpc) is 2.41. The Bertz CT molecular complexity index is 394. The van der Waals surface area contributed by atoms with Gasteiger partial charge in [0.1, 0.15) is 5.82 Å². The van der Waals surface area contributed by atoms with Crippen LogP contribution >= 0.6 is 22.6 Å². The van der Waals surface area contributed by atoms with Gasteiger partial charge in [0.05, 0.1) is 9.22 Å². The van der Waals surface area contributed by atoms with Crippen LogP contribution in [0.3, 0.4) is 0 Å². The summed E-state index contributed by atoms with van der Waals surface area (Å²) in [6, 6.07) is 5.24. The molecule has 0 unspecified atom stereocenters. The fraction of sp³-hybridized carbons (Fsp3) is 0.111. The van der Waals surface area contributed by atoms with Crippen molar-refractivity contribution in [2.24, 2.45) is 0 Å². The van der Waals surface area contributed by atoms with Crippen LogP contribution in [0.15, 0.2) is 18.2 Å². The minimum atomic E-state index is -0.182. The van der Waals surface area contributed by atoms with Crippen LogP contribution in [-0.4, -0.2) is 4.98 Å². The number of rotatable bonds is 0. The Kier molecular flexibility index (Phi) is 1.83. The fourth-order valence-corrected chi connectivity index (χ4v) is 1.87. The van der Waals surface area contributed by atoms with Gasteiger partial charge in [-0.3, -0.25) is 0 Å². The Hall–Kier alpha value is -0.580. The van der Waals surface area contributed by atoms with Gasteiger partial charge in [-0.25, -0.2) is 4.39 Å². The molecule has 62 valence electrons. The number of H-pyrrole nitrogens is 1. The molecule has 0 amide bonds. The number of aromatic amines is 1. The highest BCUT2D eigenvalue weighted by atomic mass is 127. The number of aromatic nitrogens is 1. The summed E-state index contributed by atoms with van der Waals surface area (Å²) in [5, 5.41) is 0.972. The third kappa shape index (κ3) is 1.12. The van der Waals surface area contributed by atoms with E-state index in [4.69, 9.17) is 0 Å². The first-order valence-electron chi connectivity index (χ1n) is 3.62. The molecule has 0 aliphatic rings. The van der Waals surface area contributed by atoms with Gasteiger partial charge in [0.25, 0.3) is 0 Å². The highest BCUT2D eigenvalue weighted by Crippen LogP contribution is 2.22. The summed E-state index contributed by atoms with van der Waals surface area (Å²) < 4.78 is 14.1. The quantitative estimate of drug-likeness (QED) is 0.710. The summed E-state index contributed by atoms with van der Waals surface area (Å²) in [7, 11) is 0. The van der Waals surface area contributed by atoms with E-state index in [1.807, 2.05) is 13.0 Å². The first kappa shape index (κ1) is 8.04. The second kappa shape index (κ2) is 2.73. The number of nitrogens with one attached hydrogen (secondary N) is 1. The molecule has 1 aromatic carbocycles. The molecule has 0 aliphatic heterocycles. The van der Waals surface area contributed by atoms with Gasteiger partial charge in [-0.05, 0) is 47.2 Å². The van der Waals surface area contributed by atoms with Gasteiger partial charge < -0.3 is 4.98 Å². The normalized spacial score (nSPS) is 10.9. The van der Waals surface area contributed by atoms with Gasteiger partial charge in [-0.15, -0.1) is 0 Å². The minimum Gasteiger partial charge on any atom is -0.348 e. The van der Waals surface area contributed by atoms with Crippen molar-refractivity contribution in [3.63, 3.8) is 0 Å². The number of halogens is 2. The van der Waals surface area contributed by atoms with Crippen LogP contribution in [0, 0.1) is 16.4 Å². The molecule has 0 saturated carbocycles. The molecule has 1 aromatic heterocycles. The zero-order valence-electron chi connectivity index (χ0n) is 6.49. The fourth-order valence-electron chi connectivity index (χ4n) is 1.29. The molecule has 0 atom stereocenters. The van der Waals surface area contributed by atoms with Gasteiger partial charge in [-0.2, -0.15) is 0 Å². The standard InChI is InChI=1S/C9H7FIN/c1-5-2-3-7(10)9-6(5)4-8(11)12-9/h2-4,12H,1H3. The maximum atomic E-state index is 13.1. The van der Waals surface area contributed by atoms with Crippen molar-refractivity contribution in [2.45, 2.75) is 6.92 Å². The predicted octanol–water partition coefficient (Wildman–Crippen LogP) is 3.22. The number of aryl methyl sites for hydroxylation is 1. The summed E-state index contributed by atoms with van der Waals surface area (Å²) in [4.78, 5) is 2.98. The SMILES string of the molecule is Cc1ccc(F)c2[nH]c(I)cc12. The molecule has 12 heavy (non-hydrogen) atoms.